The summed E-state index contributed by atoms with van der Waals surface area (Å²) in [5, 5.41) is 2.50. The van der Waals surface area contributed by atoms with Crippen molar-refractivity contribution in [2.45, 2.75) is 0 Å². The number of benzene rings is 9. The first-order valence-electron chi connectivity index (χ1n) is 21.8. The van der Waals surface area contributed by atoms with Crippen LogP contribution in [0.15, 0.2) is 237 Å². The fraction of sp³-hybridized carbons (Fsp3) is 0. The SMILES string of the molecule is C1=CB2c3c(-c4ccc(-c5ccccc5)cc4)cc(-c4ccc(-c5cccc6ccccc56)cc4)cc3-c3ccc(-c4nc(-c5ccccc5)nc(-c5ccccc5)n4)cc3N2C=C1. The lowest BCUT2D eigenvalue weighted by atomic mass is 9.48. The third kappa shape index (κ3) is 6.71. The Morgan fingerprint density at radius 1 is 0.328 bits per heavy atom. The zero-order valence-corrected chi connectivity index (χ0v) is 34.9. The Morgan fingerprint density at radius 3 is 1.50 bits per heavy atom. The van der Waals surface area contributed by atoms with Crippen LogP contribution >= 0.6 is 0 Å². The van der Waals surface area contributed by atoms with Crippen molar-refractivity contribution in [2.75, 3.05) is 4.81 Å². The first-order valence-corrected chi connectivity index (χ1v) is 21.8. The van der Waals surface area contributed by atoms with E-state index in [9.17, 15) is 0 Å². The lowest BCUT2D eigenvalue weighted by Crippen LogP contribution is -2.50. The van der Waals surface area contributed by atoms with Gasteiger partial charge >= 0.3 is 6.85 Å². The minimum atomic E-state index is -0.0348. The molecule has 0 N–H and O–H groups in total. The Bertz CT molecular complexity index is 3360. The van der Waals surface area contributed by atoms with Crippen LogP contribution in [-0.4, -0.2) is 21.8 Å². The van der Waals surface area contributed by atoms with E-state index in [-0.39, 0.29) is 6.85 Å². The molecule has 3 heterocycles. The van der Waals surface area contributed by atoms with Crippen molar-refractivity contribution in [3.05, 3.63) is 237 Å². The van der Waals surface area contributed by atoms with Crippen molar-refractivity contribution in [3.8, 4) is 89.8 Å². The lowest BCUT2D eigenvalue weighted by molar-refractivity contribution is 1.07. The van der Waals surface area contributed by atoms with Gasteiger partial charge in [-0.05, 0) is 96.8 Å². The highest BCUT2D eigenvalue weighted by Gasteiger charge is 2.36. The van der Waals surface area contributed by atoms with E-state index in [1.54, 1.807) is 0 Å². The summed E-state index contributed by atoms with van der Waals surface area (Å²) in [7, 11) is 0. The summed E-state index contributed by atoms with van der Waals surface area (Å²) < 4.78 is 0. The second-order valence-corrected chi connectivity index (χ2v) is 16.4. The number of anilines is 1. The Hall–Kier alpha value is -8.41. The van der Waals surface area contributed by atoms with Crippen LogP contribution in [0.25, 0.3) is 101 Å². The van der Waals surface area contributed by atoms with Crippen LogP contribution in [0.4, 0.5) is 5.69 Å². The van der Waals surface area contributed by atoms with Gasteiger partial charge in [0, 0.05) is 27.9 Å². The molecule has 0 bridgehead atoms. The molecule has 0 fully saturated rings. The van der Waals surface area contributed by atoms with Crippen molar-refractivity contribution in [1.82, 2.24) is 15.0 Å². The summed E-state index contributed by atoms with van der Waals surface area (Å²) in [4.78, 5) is 17.6. The molecule has 0 atom stereocenters. The van der Waals surface area contributed by atoms with Crippen LogP contribution in [-0.2, 0) is 0 Å². The summed E-state index contributed by atoms with van der Waals surface area (Å²) in [6, 6.07) is 75.7. The second kappa shape index (κ2) is 15.8. The number of fused-ring (bicyclic) bond motifs is 7. The van der Waals surface area contributed by atoms with Crippen LogP contribution in [0.3, 0.4) is 0 Å². The molecule has 64 heavy (non-hydrogen) atoms. The van der Waals surface area contributed by atoms with Crippen molar-refractivity contribution < 1.29 is 0 Å². The van der Waals surface area contributed by atoms with Crippen molar-refractivity contribution in [2.24, 2.45) is 0 Å². The molecule has 2 aliphatic heterocycles. The van der Waals surface area contributed by atoms with Gasteiger partial charge in [0.25, 0.3) is 0 Å². The van der Waals surface area contributed by atoms with Gasteiger partial charge in [-0.25, -0.2) is 15.0 Å². The summed E-state index contributed by atoms with van der Waals surface area (Å²) in [6.07, 6.45) is 6.50. The second-order valence-electron chi connectivity index (χ2n) is 16.4. The molecular formula is C59H39BN4. The molecule has 2 aliphatic rings. The minimum Gasteiger partial charge on any atom is -0.383 e. The van der Waals surface area contributed by atoms with Crippen molar-refractivity contribution in [1.29, 1.82) is 0 Å². The fourth-order valence-electron chi connectivity index (χ4n) is 9.40. The highest BCUT2D eigenvalue weighted by molar-refractivity contribution is 6.85. The third-order valence-corrected chi connectivity index (χ3v) is 12.6. The average Bonchev–Trinajstić information content (AvgIpc) is 3.39. The van der Waals surface area contributed by atoms with Gasteiger partial charge in [0.15, 0.2) is 17.5 Å². The number of nitrogens with zero attached hydrogens (tertiary/aromatic N) is 4. The molecule has 10 aromatic rings. The van der Waals surface area contributed by atoms with Crippen LogP contribution in [0.1, 0.15) is 0 Å². The van der Waals surface area contributed by atoms with Gasteiger partial charge < -0.3 is 4.81 Å². The van der Waals surface area contributed by atoms with Gasteiger partial charge in [-0.2, -0.15) is 0 Å². The molecule has 0 saturated heterocycles. The van der Waals surface area contributed by atoms with Crippen molar-refractivity contribution in [3.63, 3.8) is 0 Å². The summed E-state index contributed by atoms with van der Waals surface area (Å²) >= 11 is 0. The van der Waals surface area contributed by atoms with Gasteiger partial charge in [0.1, 0.15) is 0 Å². The van der Waals surface area contributed by atoms with E-state index in [1.807, 2.05) is 36.4 Å². The molecule has 9 aromatic carbocycles. The Balaban J connectivity index is 1.03. The van der Waals surface area contributed by atoms with E-state index in [2.05, 4.69) is 205 Å². The zero-order valence-electron chi connectivity index (χ0n) is 34.9. The third-order valence-electron chi connectivity index (χ3n) is 12.6. The van der Waals surface area contributed by atoms with E-state index < -0.39 is 0 Å². The van der Waals surface area contributed by atoms with Gasteiger partial charge in [-0.3, -0.25) is 0 Å². The molecule has 12 rings (SSSR count). The maximum atomic E-state index is 5.11. The highest BCUT2D eigenvalue weighted by atomic mass is 15.1. The van der Waals surface area contributed by atoms with Crippen LogP contribution < -0.4 is 10.3 Å². The quantitative estimate of drug-likeness (QED) is 0.150. The Labute approximate surface area is 373 Å². The van der Waals surface area contributed by atoms with Gasteiger partial charge in [-0.1, -0.05) is 206 Å². The highest BCUT2D eigenvalue weighted by Crippen LogP contribution is 2.43. The maximum Gasteiger partial charge on any atom is 0.321 e. The van der Waals surface area contributed by atoms with E-state index >= 15 is 0 Å². The smallest absolute Gasteiger partial charge is 0.321 e. The molecule has 4 nitrogen and oxygen atoms in total. The molecule has 5 heteroatoms. The molecule has 0 spiro atoms. The first kappa shape index (κ1) is 37.4. The number of aromatic nitrogens is 3. The summed E-state index contributed by atoms with van der Waals surface area (Å²) in [5.41, 5.74) is 17.1. The number of hydrogen-bond acceptors (Lipinski definition) is 4. The average molecular weight is 815 g/mol. The topological polar surface area (TPSA) is 41.9 Å². The lowest BCUT2D eigenvalue weighted by Gasteiger charge is -2.38. The molecule has 0 saturated carbocycles. The molecule has 0 amide bonds. The monoisotopic (exact) mass is 814 g/mol. The Kier molecular flexibility index (Phi) is 9.23. The Morgan fingerprint density at radius 2 is 0.828 bits per heavy atom. The first-order chi connectivity index (χ1) is 31.7. The predicted molar refractivity (Wildman–Crippen MR) is 267 cm³/mol. The molecule has 0 unspecified atom stereocenters. The van der Waals surface area contributed by atoms with Crippen LogP contribution in [0.2, 0.25) is 0 Å². The predicted octanol–water partition coefficient (Wildman–Crippen LogP) is 14.0. The van der Waals surface area contributed by atoms with E-state index in [4.69, 9.17) is 15.0 Å². The molecular weight excluding hydrogens is 775 g/mol. The number of hydrogen-bond donors (Lipinski definition) is 0. The van der Waals surface area contributed by atoms with E-state index in [1.165, 1.54) is 66.3 Å². The zero-order chi connectivity index (χ0) is 42.4. The van der Waals surface area contributed by atoms with Crippen LogP contribution in [0, 0.1) is 0 Å². The standard InChI is InChI=1S/C59H39BN4/c1-4-15-40(16-5-1)41-25-31-45(32-26-41)53-37-49(42-27-29-44(30-28-42)51-24-14-22-43-17-10-11-23-50(43)51)38-54-52-34-33-48(39-55(52)64-36-13-12-35-60(64)56(53)54)59-62-57(46-18-6-2-7-19-46)61-58(63-59)47-20-8-3-9-21-47/h1-39H. The summed E-state index contributed by atoms with van der Waals surface area (Å²) in [6.45, 7) is -0.0348. The van der Waals surface area contributed by atoms with Crippen LogP contribution in [0.5, 0.6) is 0 Å². The molecule has 1 aromatic heterocycles. The number of rotatable bonds is 7. The molecule has 0 aliphatic carbocycles. The number of allylic oxidation sites excluding steroid dienone is 2. The summed E-state index contributed by atoms with van der Waals surface area (Å²) in [5.74, 6) is 4.24. The minimum absolute atomic E-state index is 0.0348. The van der Waals surface area contributed by atoms with Gasteiger partial charge in [-0.15, -0.1) is 0 Å². The maximum absolute atomic E-state index is 5.11. The van der Waals surface area contributed by atoms with E-state index in [0.717, 1.165) is 27.9 Å². The molecule has 298 valence electrons. The van der Waals surface area contributed by atoms with E-state index in [0.29, 0.717) is 17.5 Å². The molecule has 0 radical (unpaired) electrons. The van der Waals surface area contributed by atoms with Gasteiger partial charge in [0.05, 0.1) is 0 Å². The van der Waals surface area contributed by atoms with Gasteiger partial charge in [0.2, 0.25) is 0 Å². The normalized spacial score (nSPS) is 12.5. The fourth-order valence-corrected chi connectivity index (χ4v) is 9.40. The van der Waals surface area contributed by atoms with Crippen molar-refractivity contribution >= 4 is 28.8 Å². The largest absolute Gasteiger partial charge is 0.383 e.